The number of terminal acetylenes is 1. The third-order valence-electron chi connectivity index (χ3n) is 9.42. The van der Waals surface area contributed by atoms with Gasteiger partial charge in [-0.15, -0.1) is 6.42 Å². The van der Waals surface area contributed by atoms with Crippen molar-refractivity contribution in [2.24, 2.45) is 5.41 Å². The number of anilines is 1. The fourth-order valence-electron chi connectivity index (χ4n) is 7.18. The number of phenols is 1. The molecule has 0 saturated carbocycles. The smallest absolute Gasteiger partial charge is 0.319 e. The number of halogens is 3. The summed E-state index contributed by atoms with van der Waals surface area (Å²) in [5.74, 6) is 1.28. The first-order valence-corrected chi connectivity index (χ1v) is 15.1. The SMILES string of the molecule is C#Cc1c(F)ccc2cc(O)cc(-c3ncc4c(N5C[C@H]6CC[C@@H](C5)N6)nc(OC[C@]5(C)CN(C)CC/C5=C\F)nc4c3F)c12. The number of benzene rings is 2. The number of piperidine rings is 1. The van der Waals surface area contributed by atoms with Crippen LogP contribution in [-0.4, -0.2) is 76.9 Å². The van der Waals surface area contributed by atoms with Gasteiger partial charge in [0, 0.05) is 60.8 Å². The number of fused-ring (bicyclic) bond motifs is 4. The molecule has 2 bridgehead atoms. The molecule has 0 radical (unpaired) electrons. The fourth-order valence-corrected chi connectivity index (χ4v) is 7.18. The van der Waals surface area contributed by atoms with Crippen molar-refractivity contribution in [1.82, 2.24) is 25.2 Å². The molecule has 5 heterocycles. The average molecular weight is 615 g/mol. The summed E-state index contributed by atoms with van der Waals surface area (Å²) >= 11 is 0. The van der Waals surface area contributed by atoms with E-state index in [0.717, 1.165) is 19.4 Å². The van der Waals surface area contributed by atoms with Crippen LogP contribution in [0.3, 0.4) is 0 Å². The van der Waals surface area contributed by atoms with Gasteiger partial charge in [0.2, 0.25) is 0 Å². The number of nitrogens with zero attached hydrogens (tertiary/aromatic N) is 5. The normalized spacial score (nSPS) is 24.4. The van der Waals surface area contributed by atoms with Gasteiger partial charge in [-0.1, -0.05) is 18.9 Å². The number of rotatable bonds is 5. The maximum absolute atomic E-state index is 16.8. The summed E-state index contributed by atoms with van der Waals surface area (Å²) in [6.45, 7) is 4.68. The Morgan fingerprint density at radius 2 is 1.98 bits per heavy atom. The molecule has 2 aromatic heterocycles. The highest BCUT2D eigenvalue weighted by Gasteiger charge is 2.37. The molecule has 2 N–H and O–H groups in total. The predicted molar refractivity (Wildman–Crippen MR) is 167 cm³/mol. The number of hydrogen-bond donors (Lipinski definition) is 2. The van der Waals surface area contributed by atoms with Crippen LogP contribution in [0.25, 0.3) is 32.9 Å². The quantitative estimate of drug-likeness (QED) is 0.292. The van der Waals surface area contributed by atoms with Crippen molar-refractivity contribution in [3.05, 3.63) is 59.6 Å². The predicted octanol–water partition coefficient (Wildman–Crippen LogP) is 5.32. The topological polar surface area (TPSA) is 86.6 Å². The molecule has 3 aliphatic rings. The maximum atomic E-state index is 16.8. The van der Waals surface area contributed by atoms with E-state index in [-0.39, 0.29) is 58.2 Å². The minimum absolute atomic E-state index is 0.0341. The molecular weight excluding hydrogens is 581 g/mol. The molecule has 3 aliphatic heterocycles. The van der Waals surface area contributed by atoms with Crippen LogP contribution in [0.4, 0.5) is 19.0 Å². The summed E-state index contributed by atoms with van der Waals surface area (Å²) < 4.78 is 51.6. The lowest BCUT2D eigenvalue weighted by Gasteiger charge is -2.40. The van der Waals surface area contributed by atoms with E-state index < -0.39 is 17.0 Å². The molecule has 0 aliphatic carbocycles. The Hall–Kier alpha value is -4.40. The van der Waals surface area contributed by atoms with Crippen molar-refractivity contribution in [2.75, 3.05) is 44.7 Å². The Balaban J connectivity index is 1.38. The number of pyridine rings is 1. The minimum atomic E-state index is -0.786. The molecule has 3 saturated heterocycles. The molecule has 0 unspecified atom stereocenters. The zero-order chi connectivity index (χ0) is 31.5. The van der Waals surface area contributed by atoms with Crippen molar-refractivity contribution in [3.63, 3.8) is 0 Å². The fraction of sp³-hybridized carbons (Fsp3) is 0.382. The number of phenolic OH excluding ortho intramolecular Hbond substituents is 1. The molecule has 232 valence electrons. The molecule has 3 fully saturated rings. The van der Waals surface area contributed by atoms with Gasteiger partial charge in [0.15, 0.2) is 5.82 Å². The van der Waals surface area contributed by atoms with Crippen LogP contribution in [-0.2, 0) is 0 Å². The van der Waals surface area contributed by atoms with Crippen LogP contribution >= 0.6 is 0 Å². The van der Waals surface area contributed by atoms with Crippen LogP contribution in [0.5, 0.6) is 11.8 Å². The van der Waals surface area contributed by atoms with Gasteiger partial charge in [0.1, 0.15) is 35.2 Å². The third-order valence-corrected chi connectivity index (χ3v) is 9.42. The summed E-state index contributed by atoms with van der Waals surface area (Å²) in [5.41, 5.74) is -0.0967. The van der Waals surface area contributed by atoms with Gasteiger partial charge in [-0.25, -0.2) is 13.2 Å². The van der Waals surface area contributed by atoms with Crippen molar-refractivity contribution in [1.29, 1.82) is 0 Å². The van der Waals surface area contributed by atoms with Crippen LogP contribution in [0.1, 0.15) is 31.7 Å². The zero-order valence-electron chi connectivity index (χ0n) is 25.1. The Bertz CT molecular complexity index is 1900. The van der Waals surface area contributed by atoms with Crippen LogP contribution < -0.4 is 15.0 Å². The second-order valence-electron chi connectivity index (χ2n) is 12.7. The molecular formula is C34H33F3N6O2. The molecule has 8 nitrogen and oxygen atoms in total. The molecule has 45 heavy (non-hydrogen) atoms. The number of hydrogen-bond acceptors (Lipinski definition) is 8. The molecule has 4 aromatic rings. The maximum Gasteiger partial charge on any atom is 0.319 e. The summed E-state index contributed by atoms with van der Waals surface area (Å²) in [6.07, 6.45) is 10.5. The lowest BCUT2D eigenvalue weighted by molar-refractivity contribution is 0.109. The first kappa shape index (κ1) is 29.3. The standard InChI is InChI=1S/C34H33F3N6O2/c1-4-24-27(36)8-5-19-11-23(44)12-25(28(19)24)30-29(37)31-26(14-38-30)32(43-15-21-6-7-22(16-43)39-21)41-33(40-31)45-18-34(2)17-42(3)10-9-20(34)13-35/h1,5,8,11-14,21-22,39,44H,6-7,9-10,15-18H2,2-3H3/b20-13+/t21-,22+,34-/m0/s1. The van der Waals surface area contributed by atoms with Crippen molar-refractivity contribution in [2.45, 2.75) is 38.3 Å². The first-order valence-electron chi connectivity index (χ1n) is 15.1. The lowest BCUT2D eigenvalue weighted by Crippen LogP contribution is -2.51. The molecule has 2 aromatic carbocycles. The van der Waals surface area contributed by atoms with Gasteiger partial charge in [0.25, 0.3) is 0 Å². The number of nitrogens with one attached hydrogen (secondary N) is 1. The summed E-state index contributed by atoms with van der Waals surface area (Å²) in [4.78, 5) is 18.0. The van der Waals surface area contributed by atoms with Gasteiger partial charge in [-0.05, 0) is 55.5 Å². The van der Waals surface area contributed by atoms with Gasteiger partial charge in [-0.3, -0.25) is 4.98 Å². The van der Waals surface area contributed by atoms with Gasteiger partial charge < -0.3 is 25.0 Å². The van der Waals surface area contributed by atoms with E-state index in [2.05, 4.69) is 31.0 Å². The molecule has 0 amide bonds. The van der Waals surface area contributed by atoms with E-state index in [4.69, 9.17) is 16.1 Å². The number of aromatic nitrogens is 3. The molecule has 0 spiro atoms. The number of ether oxygens (including phenoxy) is 1. The van der Waals surface area contributed by atoms with E-state index in [0.29, 0.717) is 54.5 Å². The first-order chi connectivity index (χ1) is 21.7. The van der Waals surface area contributed by atoms with Gasteiger partial charge >= 0.3 is 6.01 Å². The molecule has 7 rings (SSSR count). The Morgan fingerprint density at radius 1 is 1.20 bits per heavy atom. The average Bonchev–Trinajstić information content (AvgIpc) is 3.36. The van der Waals surface area contributed by atoms with Crippen molar-refractivity contribution >= 4 is 27.5 Å². The van der Waals surface area contributed by atoms with E-state index >= 15 is 4.39 Å². The van der Waals surface area contributed by atoms with E-state index in [1.165, 1.54) is 30.5 Å². The van der Waals surface area contributed by atoms with E-state index in [9.17, 15) is 13.9 Å². The second-order valence-corrected chi connectivity index (χ2v) is 12.7. The number of likely N-dealkylation sites (tertiary alicyclic amines) is 1. The lowest BCUT2D eigenvalue weighted by atomic mass is 9.78. The third kappa shape index (κ3) is 5.12. The summed E-state index contributed by atoms with van der Waals surface area (Å²) in [6, 6.07) is 5.96. The number of aromatic hydroxyl groups is 1. The molecule has 3 atom stereocenters. The Kier molecular flexibility index (Phi) is 7.29. The van der Waals surface area contributed by atoms with Crippen molar-refractivity contribution < 1.29 is 23.0 Å². The summed E-state index contributed by atoms with van der Waals surface area (Å²) in [7, 11) is 1.98. The zero-order valence-corrected chi connectivity index (χ0v) is 25.1. The minimum Gasteiger partial charge on any atom is -0.508 e. The van der Waals surface area contributed by atoms with E-state index in [1.807, 2.05) is 14.0 Å². The highest BCUT2D eigenvalue weighted by atomic mass is 19.1. The van der Waals surface area contributed by atoms with Gasteiger partial charge in [-0.2, -0.15) is 9.97 Å². The number of piperazine rings is 1. The highest BCUT2D eigenvalue weighted by molar-refractivity contribution is 6.03. The Morgan fingerprint density at radius 3 is 2.71 bits per heavy atom. The second kappa shape index (κ2) is 11.2. The largest absolute Gasteiger partial charge is 0.508 e. The molecule has 11 heteroatoms. The highest BCUT2D eigenvalue weighted by Crippen LogP contribution is 2.40. The van der Waals surface area contributed by atoms with Gasteiger partial charge in [0.05, 0.1) is 17.3 Å². The monoisotopic (exact) mass is 614 g/mol. The van der Waals surface area contributed by atoms with Crippen LogP contribution in [0.15, 0.2) is 42.4 Å². The van der Waals surface area contributed by atoms with E-state index in [1.54, 1.807) is 0 Å². The van der Waals surface area contributed by atoms with Crippen LogP contribution in [0, 0.1) is 29.4 Å². The van der Waals surface area contributed by atoms with Crippen molar-refractivity contribution in [3.8, 4) is 35.4 Å². The van der Waals surface area contributed by atoms with Crippen LogP contribution in [0.2, 0.25) is 0 Å². The summed E-state index contributed by atoms with van der Waals surface area (Å²) in [5, 5.41) is 15.2. The Labute approximate surface area is 258 Å².